The number of halogens is 3. The van der Waals surface area contributed by atoms with Crippen molar-refractivity contribution in [3.63, 3.8) is 0 Å². The van der Waals surface area contributed by atoms with Gasteiger partial charge in [-0.2, -0.15) is 0 Å². The third-order valence-electron chi connectivity index (χ3n) is 4.11. The molecule has 7 nitrogen and oxygen atoms in total. The number of nitrogens with one attached hydrogen (secondary N) is 2. The van der Waals surface area contributed by atoms with Crippen molar-refractivity contribution in [2.45, 2.75) is 13.0 Å². The van der Waals surface area contributed by atoms with Gasteiger partial charge in [0.25, 0.3) is 5.91 Å². The van der Waals surface area contributed by atoms with Gasteiger partial charge in [-0.3, -0.25) is 9.59 Å². The van der Waals surface area contributed by atoms with Crippen molar-refractivity contribution < 1.29 is 18.4 Å². The van der Waals surface area contributed by atoms with Crippen molar-refractivity contribution in [2.75, 3.05) is 7.05 Å². The van der Waals surface area contributed by atoms with E-state index in [2.05, 4.69) is 20.7 Å². The molecule has 0 saturated carbocycles. The highest BCUT2D eigenvalue weighted by atomic mass is 35.5. The van der Waals surface area contributed by atoms with E-state index in [0.29, 0.717) is 16.5 Å². The van der Waals surface area contributed by atoms with Gasteiger partial charge in [-0.15, -0.1) is 5.10 Å². The third kappa shape index (κ3) is 4.24. The predicted octanol–water partition coefficient (Wildman–Crippen LogP) is 2.72. The SMILES string of the molecule is CNC(=O)C(NC(=O)c1nc(C)n(-c2ccccc2Cl)n1)c1ccc(F)c(F)c1. The molecule has 1 aromatic heterocycles. The summed E-state index contributed by atoms with van der Waals surface area (Å²) in [6, 6.07) is 8.55. The highest BCUT2D eigenvalue weighted by molar-refractivity contribution is 6.32. The highest BCUT2D eigenvalue weighted by Gasteiger charge is 2.26. The summed E-state index contributed by atoms with van der Waals surface area (Å²) < 4.78 is 28.2. The van der Waals surface area contributed by atoms with Gasteiger partial charge in [-0.25, -0.2) is 18.4 Å². The molecule has 29 heavy (non-hydrogen) atoms. The number of amides is 2. The van der Waals surface area contributed by atoms with Crippen LogP contribution < -0.4 is 10.6 Å². The first kappa shape index (κ1) is 20.4. The summed E-state index contributed by atoms with van der Waals surface area (Å²) in [6.07, 6.45) is 0. The highest BCUT2D eigenvalue weighted by Crippen LogP contribution is 2.21. The topological polar surface area (TPSA) is 88.9 Å². The number of hydrogen-bond donors (Lipinski definition) is 2. The molecule has 3 aromatic rings. The molecule has 0 fully saturated rings. The van der Waals surface area contributed by atoms with Crippen LogP contribution in [0.3, 0.4) is 0 Å². The van der Waals surface area contributed by atoms with E-state index in [-0.39, 0.29) is 11.4 Å². The van der Waals surface area contributed by atoms with Crippen LogP contribution in [0.2, 0.25) is 5.02 Å². The zero-order valence-corrected chi connectivity index (χ0v) is 16.2. The lowest BCUT2D eigenvalue weighted by Crippen LogP contribution is -2.39. The number of para-hydroxylation sites is 1. The fraction of sp³-hybridized carbons (Fsp3) is 0.158. The lowest BCUT2D eigenvalue weighted by molar-refractivity contribution is -0.122. The number of aryl methyl sites for hydroxylation is 1. The van der Waals surface area contributed by atoms with E-state index in [1.165, 1.54) is 17.8 Å². The summed E-state index contributed by atoms with van der Waals surface area (Å²) in [5, 5.41) is 9.38. The number of carbonyl (C=O) groups excluding carboxylic acids is 2. The second-order valence-corrected chi connectivity index (χ2v) is 6.45. The third-order valence-corrected chi connectivity index (χ3v) is 4.43. The second kappa shape index (κ2) is 8.36. The number of aromatic nitrogens is 3. The molecule has 0 aliphatic carbocycles. The van der Waals surface area contributed by atoms with Crippen molar-refractivity contribution in [2.24, 2.45) is 0 Å². The maximum absolute atomic E-state index is 13.6. The molecule has 2 N–H and O–H groups in total. The van der Waals surface area contributed by atoms with Crippen molar-refractivity contribution >= 4 is 23.4 Å². The van der Waals surface area contributed by atoms with Gasteiger partial charge in [0.1, 0.15) is 11.9 Å². The van der Waals surface area contributed by atoms with Gasteiger partial charge in [0.2, 0.25) is 11.7 Å². The monoisotopic (exact) mass is 419 g/mol. The molecule has 2 aromatic carbocycles. The Morgan fingerprint density at radius 3 is 2.52 bits per heavy atom. The van der Waals surface area contributed by atoms with Gasteiger partial charge in [-0.1, -0.05) is 29.8 Å². The van der Waals surface area contributed by atoms with Crippen molar-refractivity contribution in [3.8, 4) is 5.69 Å². The molecule has 0 aliphatic heterocycles. The number of benzene rings is 2. The van der Waals surface area contributed by atoms with E-state index in [1.54, 1.807) is 31.2 Å². The van der Waals surface area contributed by atoms with E-state index >= 15 is 0 Å². The van der Waals surface area contributed by atoms with Gasteiger partial charge in [0.15, 0.2) is 11.6 Å². The summed E-state index contributed by atoms with van der Waals surface area (Å²) in [7, 11) is 1.36. The number of hydrogen-bond acceptors (Lipinski definition) is 4. The van der Waals surface area contributed by atoms with Crippen molar-refractivity contribution in [3.05, 3.63) is 76.3 Å². The number of nitrogens with zero attached hydrogens (tertiary/aromatic N) is 3. The zero-order chi connectivity index (χ0) is 21.1. The lowest BCUT2D eigenvalue weighted by Gasteiger charge is -2.17. The first-order valence-corrected chi connectivity index (χ1v) is 8.85. The number of likely N-dealkylation sites (N-methyl/N-ethyl adjacent to an activating group) is 1. The van der Waals surface area contributed by atoms with Gasteiger partial charge >= 0.3 is 0 Å². The molecule has 0 radical (unpaired) electrons. The molecule has 3 rings (SSSR count). The Morgan fingerprint density at radius 2 is 1.86 bits per heavy atom. The van der Waals surface area contributed by atoms with Gasteiger partial charge in [0.05, 0.1) is 10.7 Å². The summed E-state index contributed by atoms with van der Waals surface area (Å²) in [6.45, 7) is 1.64. The van der Waals surface area contributed by atoms with Crippen LogP contribution in [0.4, 0.5) is 8.78 Å². The molecule has 0 spiro atoms. The van der Waals surface area contributed by atoms with Crippen LogP contribution in [0.5, 0.6) is 0 Å². The first-order valence-electron chi connectivity index (χ1n) is 8.47. The maximum atomic E-state index is 13.6. The minimum atomic E-state index is -1.27. The Morgan fingerprint density at radius 1 is 1.14 bits per heavy atom. The minimum absolute atomic E-state index is 0.0684. The molecular weight excluding hydrogens is 404 g/mol. The van der Waals surface area contributed by atoms with Crippen LogP contribution >= 0.6 is 11.6 Å². The standard InChI is InChI=1S/C19H16ClF2N5O2/c1-10-24-17(26-27(10)15-6-4-3-5-12(15)20)19(29)25-16(18(28)23-2)11-7-8-13(21)14(22)9-11/h3-9,16H,1-2H3,(H,23,28)(H,25,29). The van der Waals surface area contributed by atoms with E-state index in [1.807, 2.05) is 0 Å². The zero-order valence-electron chi connectivity index (χ0n) is 15.4. The number of rotatable bonds is 5. The van der Waals surface area contributed by atoms with Gasteiger partial charge < -0.3 is 10.6 Å². The van der Waals surface area contributed by atoms with E-state index in [0.717, 1.165) is 12.1 Å². The number of carbonyl (C=O) groups is 2. The van der Waals surface area contributed by atoms with Crippen LogP contribution in [0, 0.1) is 18.6 Å². The van der Waals surface area contributed by atoms with Crippen LogP contribution in [0.1, 0.15) is 28.0 Å². The Hall–Kier alpha value is -3.33. The molecule has 0 aliphatic rings. The predicted molar refractivity (Wildman–Crippen MR) is 102 cm³/mol. The Bertz CT molecular complexity index is 1090. The van der Waals surface area contributed by atoms with Crippen molar-refractivity contribution in [1.82, 2.24) is 25.4 Å². The van der Waals surface area contributed by atoms with Gasteiger partial charge in [0, 0.05) is 7.05 Å². The summed E-state index contributed by atoms with van der Waals surface area (Å²) >= 11 is 6.16. The molecule has 0 saturated heterocycles. The molecular formula is C19H16ClF2N5O2. The fourth-order valence-corrected chi connectivity index (χ4v) is 2.89. The summed E-state index contributed by atoms with van der Waals surface area (Å²) in [5.41, 5.74) is 0.598. The van der Waals surface area contributed by atoms with Crippen LogP contribution in [-0.4, -0.2) is 33.6 Å². The average Bonchev–Trinajstić information content (AvgIpc) is 3.09. The average molecular weight is 420 g/mol. The first-order chi connectivity index (χ1) is 13.8. The lowest BCUT2D eigenvalue weighted by atomic mass is 10.1. The van der Waals surface area contributed by atoms with Gasteiger partial charge in [-0.05, 0) is 36.8 Å². The molecule has 2 amide bonds. The molecule has 1 heterocycles. The fourth-order valence-electron chi connectivity index (χ4n) is 2.67. The van der Waals surface area contributed by atoms with Crippen LogP contribution in [0.25, 0.3) is 5.69 Å². The van der Waals surface area contributed by atoms with Crippen molar-refractivity contribution in [1.29, 1.82) is 0 Å². The Labute approximate surface area is 169 Å². The Balaban J connectivity index is 1.91. The normalized spacial score (nSPS) is 11.8. The van der Waals surface area contributed by atoms with Crippen LogP contribution in [-0.2, 0) is 4.79 Å². The maximum Gasteiger partial charge on any atom is 0.291 e. The molecule has 10 heteroatoms. The molecule has 150 valence electrons. The van der Waals surface area contributed by atoms with E-state index in [9.17, 15) is 18.4 Å². The minimum Gasteiger partial charge on any atom is -0.357 e. The largest absolute Gasteiger partial charge is 0.357 e. The quantitative estimate of drug-likeness (QED) is 0.665. The van der Waals surface area contributed by atoms with Crippen LogP contribution in [0.15, 0.2) is 42.5 Å². The van der Waals surface area contributed by atoms with E-state index in [4.69, 9.17) is 11.6 Å². The summed E-state index contributed by atoms with van der Waals surface area (Å²) in [5.74, 6) is -3.40. The molecule has 0 bridgehead atoms. The molecule has 1 unspecified atom stereocenters. The summed E-state index contributed by atoms with van der Waals surface area (Å²) in [4.78, 5) is 29.0. The second-order valence-electron chi connectivity index (χ2n) is 6.04. The van der Waals surface area contributed by atoms with E-state index < -0.39 is 29.5 Å². The smallest absolute Gasteiger partial charge is 0.291 e. The Kier molecular flexibility index (Phi) is 5.88. The molecule has 1 atom stereocenters.